The maximum atomic E-state index is 10.7. The summed E-state index contributed by atoms with van der Waals surface area (Å²) in [6.07, 6.45) is 2.38. The van der Waals surface area contributed by atoms with Crippen LogP contribution in [0, 0.1) is 5.92 Å². The molecule has 0 aliphatic heterocycles. The standard InChI is InChI=1S/C8H16N2O2/c1-2-6(8(10)12)4-3-5-7(9)11/h6H,2-5H2,1H3,(H2,9,11)(H2,10,12). The van der Waals surface area contributed by atoms with Gasteiger partial charge in [0.15, 0.2) is 0 Å². The molecule has 0 bridgehead atoms. The Balaban J connectivity index is 3.59. The molecular weight excluding hydrogens is 156 g/mol. The Labute approximate surface area is 72.3 Å². The fraction of sp³-hybridized carbons (Fsp3) is 0.750. The number of nitrogens with two attached hydrogens (primary N) is 2. The molecule has 4 N–H and O–H groups in total. The van der Waals surface area contributed by atoms with Crippen LogP contribution in [0.2, 0.25) is 0 Å². The highest BCUT2D eigenvalue weighted by Gasteiger charge is 2.12. The summed E-state index contributed by atoms with van der Waals surface area (Å²) in [7, 11) is 0. The summed E-state index contributed by atoms with van der Waals surface area (Å²) in [6.45, 7) is 1.90. The Morgan fingerprint density at radius 1 is 1.33 bits per heavy atom. The summed E-state index contributed by atoms with van der Waals surface area (Å²) in [5, 5.41) is 0. The van der Waals surface area contributed by atoms with Crippen LogP contribution in [0.15, 0.2) is 0 Å². The molecule has 0 aromatic carbocycles. The molecule has 0 aromatic heterocycles. The van der Waals surface area contributed by atoms with Crippen molar-refractivity contribution in [1.29, 1.82) is 0 Å². The van der Waals surface area contributed by atoms with Gasteiger partial charge in [0.05, 0.1) is 0 Å². The van der Waals surface area contributed by atoms with E-state index in [1.807, 2.05) is 6.92 Å². The Morgan fingerprint density at radius 2 is 1.92 bits per heavy atom. The van der Waals surface area contributed by atoms with Gasteiger partial charge in [-0.1, -0.05) is 6.92 Å². The van der Waals surface area contributed by atoms with E-state index in [1.54, 1.807) is 0 Å². The minimum atomic E-state index is -0.325. The number of hydrogen-bond donors (Lipinski definition) is 2. The van der Waals surface area contributed by atoms with Gasteiger partial charge in [0.2, 0.25) is 11.8 Å². The van der Waals surface area contributed by atoms with Crippen molar-refractivity contribution in [2.24, 2.45) is 17.4 Å². The molecule has 0 fully saturated rings. The molecule has 0 spiro atoms. The van der Waals surface area contributed by atoms with Crippen molar-refractivity contribution < 1.29 is 9.59 Å². The number of rotatable bonds is 6. The number of hydrogen-bond acceptors (Lipinski definition) is 2. The van der Waals surface area contributed by atoms with Crippen LogP contribution in [0.25, 0.3) is 0 Å². The van der Waals surface area contributed by atoms with Crippen LogP contribution in [-0.4, -0.2) is 11.8 Å². The molecule has 12 heavy (non-hydrogen) atoms. The first-order chi connectivity index (χ1) is 5.57. The lowest BCUT2D eigenvalue weighted by molar-refractivity contribution is -0.123. The summed E-state index contributed by atoms with van der Waals surface area (Å²) in [4.78, 5) is 21.1. The highest BCUT2D eigenvalue weighted by atomic mass is 16.1. The van der Waals surface area contributed by atoms with E-state index in [2.05, 4.69) is 0 Å². The molecule has 4 heteroatoms. The Hall–Kier alpha value is -1.06. The molecule has 0 aromatic rings. The molecule has 2 amide bonds. The molecule has 1 atom stereocenters. The molecule has 0 saturated heterocycles. The molecule has 0 aliphatic rings. The van der Waals surface area contributed by atoms with Gasteiger partial charge in [-0.3, -0.25) is 9.59 Å². The van der Waals surface area contributed by atoms with Crippen molar-refractivity contribution >= 4 is 11.8 Å². The molecule has 1 unspecified atom stereocenters. The van der Waals surface area contributed by atoms with Gasteiger partial charge < -0.3 is 11.5 Å². The van der Waals surface area contributed by atoms with Crippen LogP contribution in [-0.2, 0) is 9.59 Å². The fourth-order valence-corrected chi connectivity index (χ4v) is 1.07. The lowest BCUT2D eigenvalue weighted by Gasteiger charge is -2.08. The van der Waals surface area contributed by atoms with Crippen molar-refractivity contribution in [1.82, 2.24) is 0 Å². The van der Waals surface area contributed by atoms with Gasteiger partial charge in [0.1, 0.15) is 0 Å². The predicted octanol–water partition coefficient (Wildman–Crippen LogP) is 0.153. The molecule has 70 valence electrons. The Kier molecular flexibility index (Phi) is 5.08. The number of carbonyl (C=O) groups excluding carboxylic acids is 2. The Morgan fingerprint density at radius 3 is 2.25 bits per heavy atom. The van der Waals surface area contributed by atoms with E-state index in [0.717, 1.165) is 6.42 Å². The summed E-state index contributed by atoms with van der Waals surface area (Å²) in [6, 6.07) is 0. The summed E-state index contributed by atoms with van der Waals surface area (Å²) < 4.78 is 0. The maximum absolute atomic E-state index is 10.7. The lowest BCUT2D eigenvalue weighted by atomic mass is 9.99. The minimum Gasteiger partial charge on any atom is -0.370 e. The lowest BCUT2D eigenvalue weighted by Crippen LogP contribution is -2.23. The molecule has 0 heterocycles. The van der Waals surface area contributed by atoms with E-state index in [-0.39, 0.29) is 17.7 Å². The first kappa shape index (κ1) is 10.9. The predicted molar refractivity (Wildman–Crippen MR) is 46.0 cm³/mol. The number of carbonyl (C=O) groups is 2. The average molecular weight is 172 g/mol. The first-order valence-electron chi connectivity index (χ1n) is 4.15. The molecule has 0 rings (SSSR count). The van der Waals surface area contributed by atoms with E-state index < -0.39 is 0 Å². The van der Waals surface area contributed by atoms with Crippen LogP contribution in [0.4, 0.5) is 0 Å². The Bertz CT molecular complexity index is 168. The molecule has 0 aliphatic carbocycles. The van der Waals surface area contributed by atoms with Crippen molar-refractivity contribution in [2.45, 2.75) is 32.6 Å². The van der Waals surface area contributed by atoms with E-state index >= 15 is 0 Å². The van der Waals surface area contributed by atoms with E-state index in [9.17, 15) is 9.59 Å². The second-order valence-electron chi connectivity index (χ2n) is 2.87. The maximum Gasteiger partial charge on any atom is 0.220 e. The molecular formula is C8H16N2O2. The van der Waals surface area contributed by atoms with Crippen molar-refractivity contribution in [3.8, 4) is 0 Å². The topological polar surface area (TPSA) is 86.2 Å². The fourth-order valence-electron chi connectivity index (χ4n) is 1.07. The monoisotopic (exact) mass is 172 g/mol. The summed E-state index contributed by atoms with van der Waals surface area (Å²) in [5.41, 5.74) is 10.1. The van der Waals surface area contributed by atoms with Crippen LogP contribution in [0.5, 0.6) is 0 Å². The SMILES string of the molecule is CCC(CCCC(N)=O)C(N)=O. The van der Waals surface area contributed by atoms with Crippen molar-refractivity contribution in [3.63, 3.8) is 0 Å². The largest absolute Gasteiger partial charge is 0.370 e. The third-order valence-corrected chi connectivity index (χ3v) is 1.87. The smallest absolute Gasteiger partial charge is 0.220 e. The van der Waals surface area contributed by atoms with Gasteiger partial charge in [0, 0.05) is 12.3 Å². The van der Waals surface area contributed by atoms with Crippen molar-refractivity contribution in [2.75, 3.05) is 0 Å². The quantitative estimate of drug-likeness (QED) is 0.597. The summed E-state index contributed by atoms with van der Waals surface area (Å²) >= 11 is 0. The van der Waals surface area contributed by atoms with Gasteiger partial charge in [-0.2, -0.15) is 0 Å². The van der Waals surface area contributed by atoms with Gasteiger partial charge in [-0.25, -0.2) is 0 Å². The zero-order valence-electron chi connectivity index (χ0n) is 7.38. The highest BCUT2D eigenvalue weighted by Crippen LogP contribution is 2.11. The first-order valence-corrected chi connectivity index (χ1v) is 4.15. The highest BCUT2D eigenvalue weighted by molar-refractivity contribution is 5.77. The van der Waals surface area contributed by atoms with Gasteiger partial charge in [0.25, 0.3) is 0 Å². The molecule has 0 radical (unpaired) electrons. The second-order valence-corrected chi connectivity index (χ2v) is 2.87. The third kappa shape index (κ3) is 4.71. The van der Waals surface area contributed by atoms with Gasteiger partial charge in [-0.05, 0) is 19.3 Å². The number of amides is 2. The number of primary amides is 2. The van der Waals surface area contributed by atoms with Gasteiger partial charge in [-0.15, -0.1) is 0 Å². The van der Waals surface area contributed by atoms with E-state index in [4.69, 9.17) is 11.5 Å². The summed E-state index contributed by atoms with van der Waals surface area (Å²) in [5.74, 6) is -0.722. The van der Waals surface area contributed by atoms with E-state index in [0.29, 0.717) is 19.3 Å². The zero-order chi connectivity index (χ0) is 9.56. The van der Waals surface area contributed by atoms with Crippen LogP contribution >= 0.6 is 0 Å². The van der Waals surface area contributed by atoms with Gasteiger partial charge >= 0.3 is 0 Å². The normalized spacial score (nSPS) is 12.4. The minimum absolute atomic E-state index is 0.107. The van der Waals surface area contributed by atoms with E-state index in [1.165, 1.54) is 0 Å². The molecule has 4 nitrogen and oxygen atoms in total. The average Bonchev–Trinajstić information content (AvgIpc) is 1.96. The second kappa shape index (κ2) is 5.57. The van der Waals surface area contributed by atoms with Crippen LogP contribution < -0.4 is 11.5 Å². The molecule has 0 saturated carbocycles. The van der Waals surface area contributed by atoms with Crippen LogP contribution in [0.3, 0.4) is 0 Å². The van der Waals surface area contributed by atoms with Crippen molar-refractivity contribution in [3.05, 3.63) is 0 Å². The van der Waals surface area contributed by atoms with Crippen LogP contribution in [0.1, 0.15) is 32.6 Å². The third-order valence-electron chi connectivity index (χ3n) is 1.87. The zero-order valence-corrected chi connectivity index (χ0v) is 7.38.